The van der Waals surface area contributed by atoms with Crippen molar-refractivity contribution in [2.24, 2.45) is 0 Å². The topological polar surface area (TPSA) is 43.4 Å². The molecule has 0 radical (unpaired) electrons. The van der Waals surface area contributed by atoms with Crippen LogP contribution in [0.4, 0.5) is 10.1 Å². The third-order valence-corrected chi connectivity index (χ3v) is 7.63. The van der Waals surface area contributed by atoms with E-state index in [-0.39, 0.29) is 6.61 Å². The molecule has 0 aliphatic carbocycles. The van der Waals surface area contributed by atoms with Gasteiger partial charge in [0, 0.05) is 23.4 Å². The highest BCUT2D eigenvalue weighted by Crippen LogP contribution is 2.38. The standard InChI is InChI=1S/C30H25Cl2FN2O2S/c1-3-36-27-14-19(13-25(32)29(27)37-17-21-5-8-22(33)15-24(21)31)16-34-23-9-6-20(7-10-23)30-35-26-11-4-18(2)12-28(26)38-30/h4-15,34H,3,16-17H2,1-2H3. The van der Waals surface area contributed by atoms with Gasteiger partial charge in [0.15, 0.2) is 11.5 Å². The Kier molecular flexibility index (Phi) is 8.03. The molecule has 0 saturated carbocycles. The minimum absolute atomic E-state index is 0.136. The fourth-order valence-electron chi connectivity index (χ4n) is 4.01. The zero-order valence-corrected chi connectivity index (χ0v) is 23.2. The van der Waals surface area contributed by atoms with Crippen LogP contribution in [0.15, 0.2) is 72.8 Å². The van der Waals surface area contributed by atoms with Gasteiger partial charge >= 0.3 is 0 Å². The fourth-order valence-corrected chi connectivity index (χ4v) is 5.58. The number of hydrogen-bond donors (Lipinski definition) is 1. The first-order valence-electron chi connectivity index (χ1n) is 12.1. The molecule has 38 heavy (non-hydrogen) atoms. The lowest BCUT2D eigenvalue weighted by atomic mass is 10.1. The number of fused-ring (bicyclic) bond motifs is 1. The minimum Gasteiger partial charge on any atom is -0.490 e. The van der Waals surface area contributed by atoms with Crippen LogP contribution in [0.25, 0.3) is 20.8 Å². The van der Waals surface area contributed by atoms with Crippen LogP contribution in [0.1, 0.15) is 23.6 Å². The SMILES string of the molecule is CCOc1cc(CNc2ccc(-c3nc4ccc(C)cc4s3)cc2)cc(Cl)c1OCc1ccc(F)cc1Cl. The maximum Gasteiger partial charge on any atom is 0.180 e. The molecule has 0 unspecified atom stereocenters. The number of ether oxygens (including phenoxy) is 2. The van der Waals surface area contributed by atoms with Crippen LogP contribution in [0.5, 0.6) is 11.5 Å². The lowest BCUT2D eigenvalue weighted by molar-refractivity contribution is 0.269. The molecule has 1 N–H and O–H groups in total. The normalized spacial score (nSPS) is 11.1. The molecule has 194 valence electrons. The first kappa shape index (κ1) is 26.3. The van der Waals surface area contributed by atoms with Crippen molar-refractivity contribution in [1.29, 1.82) is 0 Å². The second-order valence-electron chi connectivity index (χ2n) is 8.78. The van der Waals surface area contributed by atoms with Gasteiger partial charge in [-0.15, -0.1) is 11.3 Å². The maximum atomic E-state index is 13.4. The number of aromatic nitrogens is 1. The van der Waals surface area contributed by atoms with Gasteiger partial charge in [-0.25, -0.2) is 9.37 Å². The monoisotopic (exact) mass is 566 g/mol. The number of hydrogen-bond acceptors (Lipinski definition) is 5. The first-order chi connectivity index (χ1) is 18.4. The van der Waals surface area contributed by atoms with Crippen molar-refractivity contribution >= 4 is 50.4 Å². The molecule has 0 atom stereocenters. The van der Waals surface area contributed by atoms with E-state index >= 15 is 0 Å². The van der Waals surface area contributed by atoms with E-state index in [1.54, 1.807) is 17.4 Å². The summed E-state index contributed by atoms with van der Waals surface area (Å²) in [6.07, 6.45) is 0. The van der Waals surface area contributed by atoms with Crippen LogP contribution >= 0.6 is 34.5 Å². The van der Waals surface area contributed by atoms with E-state index in [1.165, 1.54) is 22.4 Å². The lowest BCUT2D eigenvalue weighted by Gasteiger charge is -2.16. The van der Waals surface area contributed by atoms with Crippen molar-refractivity contribution in [2.75, 3.05) is 11.9 Å². The molecule has 0 spiro atoms. The molecule has 4 nitrogen and oxygen atoms in total. The number of halogens is 3. The molecule has 8 heteroatoms. The summed E-state index contributed by atoms with van der Waals surface area (Å²) in [6.45, 7) is 5.12. The van der Waals surface area contributed by atoms with E-state index in [4.69, 9.17) is 37.7 Å². The molecule has 0 aliphatic heterocycles. The smallest absolute Gasteiger partial charge is 0.180 e. The van der Waals surface area contributed by atoms with E-state index in [0.29, 0.717) is 40.3 Å². The number of benzene rings is 4. The Morgan fingerprint density at radius 3 is 2.50 bits per heavy atom. The molecular formula is C30H25Cl2FN2O2S. The fraction of sp³-hybridized carbons (Fsp3) is 0.167. The summed E-state index contributed by atoms with van der Waals surface area (Å²) in [5.74, 6) is 0.564. The number of nitrogens with one attached hydrogen (secondary N) is 1. The highest BCUT2D eigenvalue weighted by atomic mass is 35.5. The molecule has 5 aromatic rings. The Bertz CT molecular complexity index is 1590. The van der Waals surface area contributed by atoms with Crippen LogP contribution in [0, 0.1) is 12.7 Å². The number of thiazole rings is 1. The number of aryl methyl sites for hydroxylation is 1. The Balaban J connectivity index is 1.27. The van der Waals surface area contributed by atoms with Crippen molar-refractivity contribution in [3.8, 4) is 22.1 Å². The van der Waals surface area contributed by atoms with E-state index in [2.05, 4.69) is 42.6 Å². The molecule has 0 amide bonds. The Morgan fingerprint density at radius 2 is 1.74 bits per heavy atom. The number of nitrogens with zero attached hydrogens (tertiary/aromatic N) is 1. The van der Waals surface area contributed by atoms with Crippen LogP contribution in [0.3, 0.4) is 0 Å². The molecule has 4 aromatic carbocycles. The molecule has 0 saturated heterocycles. The Morgan fingerprint density at radius 1 is 0.921 bits per heavy atom. The molecule has 0 bridgehead atoms. The van der Waals surface area contributed by atoms with Crippen molar-refractivity contribution in [2.45, 2.75) is 27.0 Å². The minimum atomic E-state index is -0.398. The highest BCUT2D eigenvalue weighted by Gasteiger charge is 2.14. The van der Waals surface area contributed by atoms with Gasteiger partial charge in [-0.1, -0.05) is 35.3 Å². The predicted octanol–water partition coefficient (Wildman–Crippen LogP) is 9.31. The summed E-state index contributed by atoms with van der Waals surface area (Å²) in [4.78, 5) is 4.77. The summed E-state index contributed by atoms with van der Waals surface area (Å²) >= 11 is 14.4. The summed E-state index contributed by atoms with van der Waals surface area (Å²) in [7, 11) is 0. The average molecular weight is 568 g/mol. The van der Waals surface area contributed by atoms with Gasteiger partial charge in [0.2, 0.25) is 0 Å². The third-order valence-electron chi connectivity index (χ3n) is 5.93. The second kappa shape index (κ2) is 11.6. The zero-order chi connectivity index (χ0) is 26.6. The largest absolute Gasteiger partial charge is 0.490 e. The lowest BCUT2D eigenvalue weighted by Crippen LogP contribution is -2.04. The number of anilines is 1. The summed E-state index contributed by atoms with van der Waals surface area (Å²) in [5.41, 5.74) is 5.91. The quantitative estimate of drug-likeness (QED) is 0.193. The van der Waals surface area contributed by atoms with E-state index in [1.807, 2.05) is 31.2 Å². The van der Waals surface area contributed by atoms with E-state index in [0.717, 1.165) is 27.3 Å². The molecule has 0 aliphatic rings. The van der Waals surface area contributed by atoms with Crippen LogP contribution < -0.4 is 14.8 Å². The van der Waals surface area contributed by atoms with Gasteiger partial charge in [0.25, 0.3) is 0 Å². The third kappa shape index (κ3) is 6.04. The van der Waals surface area contributed by atoms with Crippen molar-refractivity contribution in [3.63, 3.8) is 0 Å². The number of rotatable bonds is 9. The van der Waals surface area contributed by atoms with Gasteiger partial charge in [0.1, 0.15) is 17.4 Å². The average Bonchev–Trinajstić information content (AvgIpc) is 3.32. The van der Waals surface area contributed by atoms with Crippen LogP contribution in [0.2, 0.25) is 10.0 Å². The van der Waals surface area contributed by atoms with Gasteiger partial charge in [-0.05, 0) is 85.6 Å². The van der Waals surface area contributed by atoms with Gasteiger partial charge in [0.05, 0.1) is 26.9 Å². The van der Waals surface area contributed by atoms with E-state index < -0.39 is 5.82 Å². The summed E-state index contributed by atoms with van der Waals surface area (Å²) < 4.78 is 26.3. The van der Waals surface area contributed by atoms with Crippen molar-refractivity contribution in [3.05, 3.63) is 105 Å². The molecular weight excluding hydrogens is 542 g/mol. The summed E-state index contributed by atoms with van der Waals surface area (Å²) in [6, 6.07) is 22.5. The van der Waals surface area contributed by atoms with Crippen molar-refractivity contribution in [1.82, 2.24) is 4.98 Å². The highest BCUT2D eigenvalue weighted by molar-refractivity contribution is 7.21. The van der Waals surface area contributed by atoms with Crippen LogP contribution in [-0.4, -0.2) is 11.6 Å². The second-order valence-corrected chi connectivity index (χ2v) is 10.6. The first-order valence-corrected chi connectivity index (χ1v) is 13.7. The van der Waals surface area contributed by atoms with Gasteiger partial charge < -0.3 is 14.8 Å². The molecule has 0 fully saturated rings. The zero-order valence-electron chi connectivity index (χ0n) is 20.9. The van der Waals surface area contributed by atoms with Gasteiger partial charge in [-0.2, -0.15) is 0 Å². The van der Waals surface area contributed by atoms with Gasteiger partial charge in [-0.3, -0.25) is 0 Å². The van der Waals surface area contributed by atoms with E-state index in [9.17, 15) is 4.39 Å². The predicted molar refractivity (Wildman–Crippen MR) is 155 cm³/mol. The molecule has 1 heterocycles. The van der Waals surface area contributed by atoms with Crippen molar-refractivity contribution < 1.29 is 13.9 Å². The summed E-state index contributed by atoms with van der Waals surface area (Å²) in [5, 5.41) is 5.16. The molecule has 5 rings (SSSR count). The Hall–Kier alpha value is -3.32. The van der Waals surface area contributed by atoms with Crippen LogP contribution in [-0.2, 0) is 13.2 Å². The molecule has 1 aromatic heterocycles. The maximum absolute atomic E-state index is 13.4. The Labute approximate surface area is 235 Å².